The molecule has 2 aromatic carbocycles. The number of carbonyl (C=O) groups is 1. The molecule has 10 heteroatoms. The summed E-state index contributed by atoms with van der Waals surface area (Å²) in [6.07, 6.45) is 0. The molecule has 1 aliphatic rings. The Hall–Kier alpha value is -2.98. The third kappa shape index (κ3) is 4.54. The number of piperazine rings is 1. The van der Waals surface area contributed by atoms with E-state index in [1.165, 1.54) is 35.5 Å². The van der Waals surface area contributed by atoms with Crippen molar-refractivity contribution in [2.45, 2.75) is 24.8 Å². The van der Waals surface area contributed by atoms with Crippen LogP contribution in [0.1, 0.15) is 13.8 Å². The predicted molar refractivity (Wildman–Crippen MR) is 109 cm³/mol. The molecule has 1 atom stereocenters. The highest BCUT2D eigenvalue weighted by Crippen LogP contribution is 2.26. The Bertz CT molecular complexity index is 1010. The number of nitrogens with one attached hydrogen (secondary N) is 1. The predicted octanol–water partition coefficient (Wildman–Crippen LogP) is 2.45. The van der Waals surface area contributed by atoms with Gasteiger partial charge in [0.25, 0.3) is 5.69 Å². The van der Waals surface area contributed by atoms with Crippen molar-refractivity contribution in [1.82, 2.24) is 4.31 Å². The molecule has 9 nitrogen and oxygen atoms in total. The van der Waals surface area contributed by atoms with Crippen molar-refractivity contribution < 1.29 is 18.1 Å². The van der Waals surface area contributed by atoms with E-state index in [2.05, 4.69) is 5.32 Å². The van der Waals surface area contributed by atoms with Crippen molar-refractivity contribution >= 4 is 33.0 Å². The summed E-state index contributed by atoms with van der Waals surface area (Å²) in [6.45, 7) is 4.47. The Balaban J connectivity index is 1.72. The SMILES string of the molecule is CC(=O)Nc1ccc(S(=O)(=O)N2CCN(c3ccc([N+](=O)[O-])cc3)C[C@@H]2C)cc1. The Morgan fingerprint density at radius 1 is 1.10 bits per heavy atom. The fourth-order valence-electron chi connectivity index (χ4n) is 3.37. The highest BCUT2D eigenvalue weighted by atomic mass is 32.2. The lowest BCUT2D eigenvalue weighted by atomic mass is 10.2. The molecule has 0 unspecified atom stereocenters. The maximum atomic E-state index is 13.0. The minimum absolute atomic E-state index is 0.0192. The second kappa shape index (κ2) is 8.18. The number of benzene rings is 2. The third-order valence-corrected chi connectivity index (χ3v) is 6.80. The van der Waals surface area contributed by atoms with Crippen molar-refractivity contribution in [3.8, 4) is 0 Å². The average Bonchev–Trinajstić information content (AvgIpc) is 2.67. The van der Waals surface area contributed by atoms with Crippen LogP contribution in [0, 0.1) is 10.1 Å². The maximum Gasteiger partial charge on any atom is 0.269 e. The second-order valence-electron chi connectivity index (χ2n) is 6.89. The number of anilines is 2. The van der Waals surface area contributed by atoms with Crippen molar-refractivity contribution in [2.24, 2.45) is 0 Å². The molecule has 1 amide bonds. The summed E-state index contributed by atoms with van der Waals surface area (Å²) < 4.78 is 27.5. The van der Waals surface area contributed by atoms with Gasteiger partial charge in [-0.05, 0) is 43.3 Å². The van der Waals surface area contributed by atoms with Gasteiger partial charge in [-0.1, -0.05) is 0 Å². The molecule has 0 spiro atoms. The Kier molecular flexibility index (Phi) is 5.85. The fourth-order valence-corrected chi connectivity index (χ4v) is 4.98. The first kappa shape index (κ1) is 20.7. The fraction of sp³-hybridized carbons (Fsp3) is 0.316. The lowest BCUT2D eigenvalue weighted by molar-refractivity contribution is -0.384. The summed E-state index contributed by atoms with van der Waals surface area (Å²) in [6, 6.07) is 12.0. The summed E-state index contributed by atoms with van der Waals surface area (Å²) in [5, 5.41) is 13.4. The minimum Gasteiger partial charge on any atom is -0.369 e. The van der Waals surface area contributed by atoms with Gasteiger partial charge < -0.3 is 10.2 Å². The van der Waals surface area contributed by atoms with Crippen LogP contribution in [0.4, 0.5) is 17.1 Å². The first-order valence-electron chi connectivity index (χ1n) is 9.07. The minimum atomic E-state index is -3.68. The number of carbonyl (C=O) groups excluding carboxylic acids is 1. The van der Waals surface area contributed by atoms with Crippen molar-refractivity contribution in [3.05, 3.63) is 58.6 Å². The number of amides is 1. The van der Waals surface area contributed by atoms with Gasteiger partial charge in [0.1, 0.15) is 0 Å². The first-order chi connectivity index (χ1) is 13.7. The van der Waals surface area contributed by atoms with E-state index in [-0.39, 0.29) is 22.5 Å². The largest absolute Gasteiger partial charge is 0.369 e. The smallest absolute Gasteiger partial charge is 0.269 e. The van der Waals surface area contributed by atoms with Gasteiger partial charge in [-0.25, -0.2) is 8.42 Å². The zero-order chi connectivity index (χ0) is 21.2. The van der Waals surface area contributed by atoms with Gasteiger partial charge in [0.05, 0.1) is 9.82 Å². The molecular formula is C19H22N4O5S. The van der Waals surface area contributed by atoms with E-state index in [1.54, 1.807) is 24.3 Å². The van der Waals surface area contributed by atoms with Crippen LogP contribution in [-0.2, 0) is 14.8 Å². The number of nitro benzene ring substituents is 1. The van der Waals surface area contributed by atoms with Crippen LogP contribution in [0.5, 0.6) is 0 Å². The van der Waals surface area contributed by atoms with Crippen molar-refractivity contribution in [3.63, 3.8) is 0 Å². The van der Waals surface area contributed by atoms with Gasteiger partial charge in [0, 0.05) is 56.1 Å². The topological polar surface area (TPSA) is 113 Å². The van der Waals surface area contributed by atoms with Gasteiger partial charge >= 0.3 is 0 Å². The van der Waals surface area contributed by atoms with E-state index in [1.807, 2.05) is 11.8 Å². The molecule has 29 heavy (non-hydrogen) atoms. The van der Waals surface area contributed by atoms with Gasteiger partial charge in [0.15, 0.2) is 0 Å². The summed E-state index contributed by atoms with van der Waals surface area (Å²) in [7, 11) is -3.68. The normalized spacial score (nSPS) is 17.7. The second-order valence-corrected chi connectivity index (χ2v) is 8.78. The van der Waals surface area contributed by atoms with Crippen molar-refractivity contribution in [2.75, 3.05) is 29.9 Å². The molecule has 1 N–H and O–H groups in total. The van der Waals surface area contributed by atoms with Crippen LogP contribution in [0.15, 0.2) is 53.4 Å². The van der Waals surface area contributed by atoms with Gasteiger partial charge in [-0.3, -0.25) is 14.9 Å². The standard InChI is InChI=1S/C19H22N4O5S/c1-14-13-21(17-5-7-18(8-6-17)23(25)26)11-12-22(14)29(27,28)19-9-3-16(4-10-19)20-15(2)24/h3-10,14H,11-13H2,1-2H3,(H,20,24)/t14-/m0/s1. The van der Waals surface area contributed by atoms with Gasteiger partial charge in [0.2, 0.25) is 15.9 Å². The molecule has 0 aliphatic carbocycles. The molecule has 0 radical (unpaired) electrons. The monoisotopic (exact) mass is 418 g/mol. The quantitative estimate of drug-likeness (QED) is 0.589. The summed E-state index contributed by atoms with van der Waals surface area (Å²) in [4.78, 5) is 23.6. The summed E-state index contributed by atoms with van der Waals surface area (Å²) in [5.74, 6) is -0.225. The van der Waals surface area contributed by atoms with Crippen LogP contribution in [0.25, 0.3) is 0 Å². The number of sulfonamides is 1. The number of hydrogen-bond acceptors (Lipinski definition) is 6. The van der Waals surface area contributed by atoms with Crippen LogP contribution in [-0.4, -0.2) is 49.2 Å². The molecule has 1 fully saturated rings. The van der Waals surface area contributed by atoms with Gasteiger partial charge in [-0.15, -0.1) is 0 Å². The number of rotatable bonds is 5. The van der Waals surface area contributed by atoms with Crippen molar-refractivity contribution in [1.29, 1.82) is 0 Å². The van der Waals surface area contributed by atoms with Crippen LogP contribution in [0.2, 0.25) is 0 Å². The molecule has 1 saturated heterocycles. The van der Waals surface area contributed by atoms with E-state index in [0.29, 0.717) is 25.3 Å². The average molecular weight is 418 g/mol. The van der Waals surface area contributed by atoms with Gasteiger partial charge in [-0.2, -0.15) is 4.31 Å². The highest BCUT2D eigenvalue weighted by molar-refractivity contribution is 7.89. The molecule has 3 rings (SSSR count). The molecule has 1 heterocycles. The molecule has 0 aromatic heterocycles. The van der Waals surface area contributed by atoms with E-state index < -0.39 is 14.9 Å². The highest BCUT2D eigenvalue weighted by Gasteiger charge is 2.33. The third-order valence-electron chi connectivity index (χ3n) is 4.77. The Labute approximate surface area is 169 Å². The summed E-state index contributed by atoms with van der Waals surface area (Å²) in [5.41, 5.74) is 1.37. The molecule has 1 aliphatic heterocycles. The van der Waals surface area contributed by atoms with E-state index in [4.69, 9.17) is 0 Å². The molecule has 154 valence electrons. The number of nitrogens with zero attached hydrogens (tertiary/aromatic N) is 3. The Morgan fingerprint density at radius 2 is 1.72 bits per heavy atom. The van der Waals surface area contributed by atoms with E-state index in [0.717, 1.165) is 5.69 Å². The van der Waals surface area contributed by atoms with E-state index >= 15 is 0 Å². The Morgan fingerprint density at radius 3 is 2.24 bits per heavy atom. The molecule has 2 aromatic rings. The lowest BCUT2D eigenvalue weighted by Gasteiger charge is -2.40. The maximum absolute atomic E-state index is 13.0. The zero-order valence-electron chi connectivity index (χ0n) is 16.1. The first-order valence-corrected chi connectivity index (χ1v) is 10.5. The number of nitro groups is 1. The van der Waals surface area contributed by atoms with Crippen LogP contribution in [0.3, 0.4) is 0 Å². The number of hydrogen-bond donors (Lipinski definition) is 1. The zero-order valence-corrected chi connectivity index (χ0v) is 16.9. The molecule has 0 bridgehead atoms. The van der Waals surface area contributed by atoms with Crippen LogP contribution < -0.4 is 10.2 Å². The van der Waals surface area contributed by atoms with Crippen LogP contribution >= 0.6 is 0 Å². The molecule has 0 saturated carbocycles. The molecular weight excluding hydrogens is 396 g/mol. The lowest BCUT2D eigenvalue weighted by Crippen LogP contribution is -2.54. The summed E-state index contributed by atoms with van der Waals surface area (Å²) >= 11 is 0. The number of non-ortho nitro benzene ring substituents is 1. The van der Waals surface area contributed by atoms with E-state index in [9.17, 15) is 23.3 Å².